The molecule has 0 saturated heterocycles. The smallest absolute Gasteiger partial charge is 0.370 e. The van der Waals surface area contributed by atoms with Crippen LogP contribution in [0.1, 0.15) is 12.0 Å². The molecule has 0 aliphatic carbocycles. The number of halogens is 3. The molecule has 0 aromatic heterocycles. The normalized spacial score (nSPS) is 12.1. The van der Waals surface area contributed by atoms with Crippen LogP contribution in [0, 0.1) is 10.1 Å². The van der Waals surface area contributed by atoms with E-state index < -0.39 is 49.7 Å². The molecule has 22 heavy (non-hydrogen) atoms. The Balaban J connectivity index is 3.23. The number of benzene rings is 1. The van der Waals surface area contributed by atoms with Crippen molar-refractivity contribution in [2.24, 2.45) is 5.73 Å². The minimum Gasteiger partial charge on any atom is -0.370 e. The molecule has 0 aliphatic heterocycles. The molecule has 0 spiro atoms. The minimum absolute atomic E-state index is 0.128. The zero-order chi connectivity index (χ0) is 17.1. The molecule has 0 saturated carbocycles. The number of nitrogens with zero attached hydrogens (tertiary/aromatic N) is 1. The van der Waals surface area contributed by atoms with Crippen molar-refractivity contribution in [1.82, 2.24) is 4.72 Å². The Morgan fingerprint density at radius 2 is 1.95 bits per heavy atom. The number of hydrogen-bond acceptors (Lipinski definition) is 5. The van der Waals surface area contributed by atoms with Gasteiger partial charge in [-0.15, -0.1) is 0 Å². The molecule has 1 rings (SSSR count). The van der Waals surface area contributed by atoms with E-state index in [0.717, 1.165) is 0 Å². The number of amides is 1. The lowest BCUT2D eigenvalue weighted by atomic mass is 10.2. The lowest BCUT2D eigenvalue weighted by Crippen LogP contribution is -2.28. The fourth-order valence-corrected chi connectivity index (χ4v) is 2.63. The van der Waals surface area contributed by atoms with E-state index in [1.54, 1.807) is 0 Å². The molecular formula is C10H10F3N3O5S. The van der Waals surface area contributed by atoms with Crippen molar-refractivity contribution in [3.8, 4) is 0 Å². The van der Waals surface area contributed by atoms with E-state index >= 15 is 0 Å². The number of primary amides is 1. The predicted molar refractivity (Wildman–Crippen MR) is 67.1 cm³/mol. The van der Waals surface area contributed by atoms with Crippen LogP contribution in [0.3, 0.4) is 0 Å². The highest BCUT2D eigenvalue weighted by Gasteiger charge is 2.35. The number of alkyl halides is 3. The zero-order valence-electron chi connectivity index (χ0n) is 10.8. The van der Waals surface area contributed by atoms with Crippen molar-refractivity contribution in [3.63, 3.8) is 0 Å². The maximum absolute atomic E-state index is 12.5. The third-order valence-corrected chi connectivity index (χ3v) is 3.94. The van der Waals surface area contributed by atoms with Gasteiger partial charge < -0.3 is 5.73 Å². The van der Waals surface area contributed by atoms with Gasteiger partial charge in [-0.25, -0.2) is 13.1 Å². The molecule has 12 heteroatoms. The zero-order valence-corrected chi connectivity index (χ0v) is 11.6. The topological polar surface area (TPSA) is 132 Å². The van der Waals surface area contributed by atoms with E-state index in [9.17, 15) is 36.5 Å². The van der Waals surface area contributed by atoms with Crippen molar-refractivity contribution >= 4 is 21.6 Å². The lowest BCUT2D eigenvalue weighted by Gasteiger charge is -2.10. The number of nitrogens with two attached hydrogens (primary N) is 1. The van der Waals surface area contributed by atoms with Gasteiger partial charge in [-0.2, -0.15) is 13.2 Å². The summed E-state index contributed by atoms with van der Waals surface area (Å²) >= 11 is 0. The van der Waals surface area contributed by atoms with E-state index in [2.05, 4.69) is 0 Å². The summed E-state index contributed by atoms with van der Waals surface area (Å²) in [6.45, 7) is -0.435. The summed E-state index contributed by atoms with van der Waals surface area (Å²) in [5, 5.41) is 10.8. The summed E-state index contributed by atoms with van der Waals surface area (Å²) in [5.41, 5.74) is 2.23. The van der Waals surface area contributed by atoms with Crippen LogP contribution in [0.4, 0.5) is 18.9 Å². The molecular weight excluding hydrogens is 331 g/mol. The Kier molecular flexibility index (Phi) is 5.09. The fraction of sp³-hybridized carbons (Fsp3) is 0.300. The number of rotatable bonds is 6. The van der Waals surface area contributed by atoms with E-state index in [1.165, 1.54) is 0 Å². The lowest BCUT2D eigenvalue weighted by molar-refractivity contribution is -0.388. The third kappa shape index (κ3) is 4.39. The van der Waals surface area contributed by atoms with Gasteiger partial charge in [0, 0.05) is 19.0 Å². The molecule has 0 radical (unpaired) electrons. The van der Waals surface area contributed by atoms with E-state index in [4.69, 9.17) is 5.73 Å². The van der Waals surface area contributed by atoms with Gasteiger partial charge in [0.1, 0.15) is 0 Å². The second-order valence-corrected chi connectivity index (χ2v) is 5.79. The Labute approximate surface area is 122 Å². The molecule has 1 amide bonds. The Morgan fingerprint density at radius 3 is 2.41 bits per heavy atom. The summed E-state index contributed by atoms with van der Waals surface area (Å²) in [7, 11) is -4.46. The van der Waals surface area contributed by atoms with E-state index in [1.807, 2.05) is 4.72 Å². The van der Waals surface area contributed by atoms with Crippen molar-refractivity contribution < 1.29 is 31.3 Å². The maximum atomic E-state index is 12.5. The highest BCUT2D eigenvalue weighted by molar-refractivity contribution is 7.89. The molecule has 1 aromatic rings. The monoisotopic (exact) mass is 341 g/mol. The van der Waals surface area contributed by atoms with Crippen LogP contribution in [0.25, 0.3) is 0 Å². The highest BCUT2D eigenvalue weighted by Crippen LogP contribution is 2.34. The van der Waals surface area contributed by atoms with Crippen LogP contribution in [0.2, 0.25) is 0 Å². The Bertz CT molecular complexity index is 702. The number of sulfonamides is 1. The van der Waals surface area contributed by atoms with Gasteiger partial charge in [0.25, 0.3) is 5.69 Å². The summed E-state index contributed by atoms with van der Waals surface area (Å²) in [6.07, 6.45) is -5.22. The molecule has 3 N–H and O–H groups in total. The average molecular weight is 341 g/mol. The Morgan fingerprint density at radius 1 is 1.36 bits per heavy atom. The molecule has 8 nitrogen and oxygen atoms in total. The van der Waals surface area contributed by atoms with Crippen LogP contribution < -0.4 is 10.5 Å². The molecule has 1 aromatic carbocycles. The van der Waals surface area contributed by atoms with Gasteiger partial charge in [-0.1, -0.05) is 0 Å². The number of nitro benzene ring substituents is 1. The summed E-state index contributed by atoms with van der Waals surface area (Å²) in [5.74, 6) is -0.815. The number of carbonyl (C=O) groups excluding carboxylic acids is 1. The second kappa shape index (κ2) is 6.27. The van der Waals surface area contributed by atoms with Crippen molar-refractivity contribution in [1.29, 1.82) is 0 Å². The maximum Gasteiger partial charge on any atom is 0.416 e. The first-order valence-electron chi connectivity index (χ1n) is 5.59. The quantitative estimate of drug-likeness (QED) is 0.582. The number of hydrogen-bond donors (Lipinski definition) is 2. The number of nitrogens with one attached hydrogen (secondary N) is 1. The van der Waals surface area contributed by atoms with Crippen LogP contribution in [-0.2, 0) is 21.0 Å². The predicted octanol–water partition coefficient (Wildman–Crippen LogP) is 0.767. The standard InChI is InChI=1S/C10H10F3N3O5S/c11-10(12,13)6-1-2-8(7(5-6)16(18)19)22(20,21)15-4-3-9(14)17/h1-2,5,15H,3-4H2,(H2,14,17). The second-order valence-electron chi connectivity index (χ2n) is 4.05. The van der Waals surface area contributed by atoms with E-state index in [-0.39, 0.29) is 12.5 Å². The number of carbonyl (C=O) groups is 1. The van der Waals surface area contributed by atoms with Crippen molar-refractivity contribution in [3.05, 3.63) is 33.9 Å². The molecule has 0 fully saturated rings. The first kappa shape index (κ1) is 17.8. The molecule has 122 valence electrons. The highest BCUT2D eigenvalue weighted by atomic mass is 32.2. The SMILES string of the molecule is NC(=O)CCNS(=O)(=O)c1ccc(C(F)(F)F)cc1[N+](=O)[O-]. The fourth-order valence-electron chi connectivity index (χ4n) is 1.45. The Hall–Kier alpha value is -2.21. The van der Waals surface area contributed by atoms with Gasteiger partial charge in [0.05, 0.1) is 10.5 Å². The largest absolute Gasteiger partial charge is 0.416 e. The molecule has 0 bridgehead atoms. The summed E-state index contributed by atoms with van der Waals surface area (Å²) in [6, 6.07) is 1.02. The van der Waals surface area contributed by atoms with Crippen LogP contribution in [0.5, 0.6) is 0 Å². The molecule has 0 unspecified atom stereocenters. The number of nitro groups is 1. The van der Waals surface area contributed by atoms with E-state index in [0.29, 0.717) is 12.1 Å². The minimum atomic E-state index is -4.85. The third-order valence-electron chi connectivity index (χ3n) is 2.44. The van der Waals surface area contributed by atoms with Crippen LogP contribution in [0.15, 0.2) is 23.1 Å². The molecule has 0 aliphatic rings. The van der Waals surface area contributed by atoms with Gasteiger partial charge in [0.2, 0.25) is 15.9 Å². The van der Waals surface area contributed by atoms with Crippen molar-refractivity contribution in [2.75, 3.05) is 6.54 Å². The average Bonchev–Trinajstić information content (AvgIpc) is 2.36. The van der Waals surface area contributed by atoms with Gasteiger partial charge in [-0.3, -0.25) is 14.9 Å². The van der Waals surface area contributed by atoms with Crippen molar-refractivity contribution in [2.45, 2.75) is 17.5 Å². The van der Waals surface area contributed by atoms with Gasteiger partial charge >= 0.3 is 6.18 Å². The molecule has 0 atom stereocenters. The summed E-state index contributed by atoms with van der Waals surface area (Å²) in [4.78, 5) is 19.1. The molecule has 0 heterocycles. The van der Waals surface area contributed by atoms with Crippen LogP contribution in [-0.4, -0.2) is 25.8 Å². The van der Waals surface area contributed by atoms with Crippen LogP contribution >= 0.6 is 0 Å². The van der Waals surface area contributed by atoms with Gasteiger partial charge in [0.15, 0.2) is 4.90 Å². The summed E-state index contributed by atoms with van der Waals surface area (Å²) < 4.78 is 63.1. The first-order valence-corrected chi connectivity index (χ1v) is 7.07. The first-order chi connectivity index (χ1) is 9.95. The van der Waals surface area contributed by atoms with Gasteiger partial charge in [-0.05, 0) is 12.1 Å².